The van der Waals surface area contributed by atoms with Crippen LogP contribution in [0.25, 0.3) is 0 Å². The van der Waals surface area contributed by atoms with Gasteiger partial charge in [-0.2, -0.15) is 5.10 Å². The molecule has 1 aliphatic carbocycles. The number of rotatable bonds is 10. The van der Waals surface area contributed by atoms with Crippen molar-refractivity contribution in [3.05, 3.63) is 53.3 Å². The van der Waals surface area contributed by atoms with Gasteiger partial charge in [0.2, 0.25) is 5.91 Å². The molecule has 1 saturated heterocycles. The van der Waals surface area contributed by atoms with Crippen LogP contribution in [0.5, 0.6) is 0 Å². The van der Waals surface area contributed by atoms with Crippen molar-refractivity contribution in [3.63, 3.8) is 0 Å². The molecule has 10 heteroatoms. The van der Waals surface area contributed by atoms with Crippen LogP contribution in [0.2, 0.25) is 0 Å². The third-order valence-electron chi connectivity index (χ3n) is 7.20. The molecule has 1 N–H and O–H groups in total. The van der Waals surface area contributed by atoms with Gasteiger partial charge in [0, 0.05) is 70.9 Å². The van der Waals surface area contributed by atoms with Crippen molar-refractivity contribution in [2.24, 2.45) is 0 Å². The Balaban J connectivity index is 1.17. The smallest absolute Gasteiger partial charge is 0.274 e. The minimum atomic E-state index is -0.202. The number of hydrogen-bond donors (Lipinski definition) is 1. The number of hydrogen-bond acceptors (Lipinski definition) is 6. The zero-order chi connectivity index (χ0) is 25.6. The number of aryl methyl sites for hydroxylation is 1. The molecule has 0 spiro atoms. The summed E-state index contributed by atoms with van der Waals surface area (Å²) < 4.78 is 7.02. The van der Waals surface area contributed by atoms with Gasteiger partial charge in [0.25, 0.3) is 11.8 Å². The number of nitrogens with zero attached hydrogens (tertiary/aromatic N) is 5. The summed E-state index contributed by atoms with van der Waals surface area (Å²) in [7, 11) is 0. The Bertz CT molecular complexity index is 1090. The molecule has 2 aromatic rings. The summed E-state index contributed by atoms with van der Waals surface area (Å²) >= 11 is 0. The van der Waals surface area contributed by atoms with Gasteiger partial charge in [0.15, 0.2) is 5.69 Å². The van der Waals surface area contributed by atoms with Crippen LogP contribution in [-0.2, 0) is 22.6 Å². The van der Waals surface area contributed by atoms with Crippen molar-refractivity contribution in [2.75, 3.05) is 52.5 Å². The number of carbonyl (C=O) groups is 3. The highest BCUT2D eigenvalue weighted by atomic mass is 16.5. The molecule has 1 aromatic carbocycles. The molecule has 1 aromatic heterocycles. The summed E-state index contributed by atoms with van der Waals surface area (Å²) in [4.78, 5) is 45.0. The van der Waals surface area contributed by atoms with Crippen LogP contribution in [0.4, 0.5) is 0 Å². The predicted octanol–water partition coefficient (Wildman–Crippen LogP) is 1.37. The SMILES string of the molecule is O=C(CCN(C(=O)c1cc2n(n1)CCCN(Cc1ccccc1)C2=O)C1CC1)NCCN1CCOCC1. The van der Waals surface area contributed by atoms with Crippen molar-refractivity contribution >= 4 is 17.7 Å². The second kappa shape index (κ2) is 11.9. The number of carbonyl (C=O) groups excluding carboxylic acids is 3. The van der Waals surface area contributed by atoms with Crippen LogP contribution in [-0.4, -0.2) is 101 Å². The lowest BCUT2D eigenvalue weighted by Crippen LogP contribution is -2.42. The first kappa shape index (κ1) is 25.4. The summed E-state index contributed by atoms with van der Waals surface area (Å²) in [6, 6.07) is 11.7. The number of ether oxygens (including phenoxy) is 1. The maximum absolute atomic E-state index is 13.4. The lowest BCUT2D eigenvalue weighted by atomic mass is 10.2. The highest BCUT2D eigenvalue weighted by Crippen LogP contribution is 2.29. The minimum Gasteiger partial charge on any atom is -0.379 e. The van der Waals surface area contributed by atoms with Crippen molar-refractivity contribution < 1.29 is 19.1 Å². The summed E-state index contributed by atoms with van der Waals surface area (Å²) in [5, 5.41) is 7.50. The van der Waals surface area contributed by atoms with Crippen LogP contribution in [0.1, 0.15) is 52.2 Å². The summed E-state index contributed by atoms with van der Waals surface area (Å²) in [5.74, 6) is -0.365. The van der Waals surface area contributed by atoms with E-state index in [9.17, 15) is 14.4 Å². The number of fused-ring (bicyclic) bond motifs is 1. The zero-order valence-corrected chi connectivity index (χ0v) is 21.3. The molecule has 3 heterocycles. The predicted molar refractivity (Wildman–Crippen MR) is 137 cm³/mol. The van der Waals surface area contributed by atoms with Gasteiger partial charge in [-0.15, -0.1) is 0 Å². The maximum Gasteiger partial charge on any atom is 0.274 e. The van der Waals surface area contributed by atoms with E-state index in [0.29, 0.717) is 38.4 Å². The number of benzene rings is 1. The molecule has 0 radical (unpaired) electrons. The van der Waals surface area contributed by atoms with E-state index < -0.39 is 0 Å². The highest BCUT2D eigenvalue weighted by molar-refractivity contribution is 5.98. The number of amides is 3. The normalized spacial score (nSPS) is 18.3. The molecule has 5 rings (SSSR count). The Kier molecular flexibility index (Phi) is 8.15. The Hall–Kier alpha value is -3.24. The molecule has 0 unspecified atom stereocenters. The van der Waals surface area contributed by atoms with E-state index in [0.717, 1.165) is 57.7 Å². The standard InChI is InChI=1S/C27H36N6O4/c34-25(28-10-14-30-15-17-37-18-16-30)9-13-32(22-7-8-22)26(35)23-19-24-27(36)31(11-4-12-33(24)29-23)20-21-5-2-1-3-6-21/h1-3,5-6,19,22H,4,7-18,20H2,(H,28,34). The first-order chi connectivity index (χ1) is 18.1. The second-order valence-corrected chi connectivity index (χ2v) is 9.99. The van der Waals surface area contributed by atoms with Crippen molar-refractivity contribution in [1.82, 2.24) is 29.8 Å². The fraction of sp³-hybridized carbons (Fsp3) is 0.556. The van der Waals surface area contributed by atoms with E-state index >= 15 is 0 Å². The molecular formula is C27H36N6O4. The minimum absolute atomic E-state index is 0.0564. The molecule has 3 aliphatic rings. The van der Waals surface area contributed by atoms with Crippen molar-refractivity contribution in [2.45, 2.75) is 44.8 Å². The molecule has 10 nitrogen and oxygen atoms in total. The highest BCUT2D eigenvalue weighted by Gasteiger charge is 2.35. The molecule has 198 valence electrons. The first-order valence-electron chi connectivity index (χ1n) is 13.4. The Morgan fingerprint density at radius 1 is 1.08 bits per heavy atom. The van der Waals surface area contributed by atoms with Gasteiger partial charge < -0.3 is 19.9 Å². The third-order valence-corrected chi connectivity index (χ3v) is 7.20. The van der Waals surface area contributed by atoms with E-state index in [-0.39, 0.29) is 35.9 Å². The second-order valence-electron chi connectivity index (χ2n) is 9.99. The van der Waals surface area contributed by atoms with Crippen LogP contribution in [0.3, 0.4) is 0 Å². The van der Waals surface area contributed by atoms with Crippen LogP contribution in [0.15, 0.2) is 36.4 Å². The van der Waals surface area contributed by atoms with Crippen molar-refractivity contribution in [3.8, 4) is 0 Å². The van der Waals surface area contributed by atoms with Gasteiger partial charge in [0.1, 0.15) is 5.69 Å². The molecule has 37 heavy (non-hydrogen) atoms. The van der Waals surface area contributed by atoms with Gasteiger partial charge in [0.05, 0.1) is 13.2 Å². The number of nitrogens with one attached hydrogen (secondary N) is 1. The number of aromatic nitrogens is 2. The molecule has 0 bridgehead atoms. The topological polar surface area (TPSA) is 100 Å². The Labute approximate surface area is 217 Å². The molecular weight excluding hydrogens is 472 g/mol. The fourth-order valence-electron chi connectivity index (χ4n) is 4.97. The molecule has 2 aliphatic heterocycles. The van der Waals surface area contributed by atoms with Gasteiger partial charge in [-0.05, 0) is 24.8 Å². The lowest BCUT2D eigenvalue weighted by Gasteiger charge is -2.26. The average molecular weight is 509 g/mol. The average Bonchev–Trinajstić information content (AvgIpc) is 3.69. The van der Waals surface area contributed by atoms with Crippen LogP contribution >= 0.6 is 0 Å². The Morgan fingerprint density at radius 2 is 1.86 bits per heavy atom. The van der Waals surface area contributed by atoms with Crippen LogP contribution in [0, 0.1) is 0 Å². The first-order valence-corrected chi connectivity index (χ1v) is 13.4. The summed E-state index contributed by atoms with van der Waals surface area (Å²) in [5.41, 5.74) is 1.81. The van der Waals surface area contributed by atoms with Gasteiger partial charge in [-0.3, -0.25) is 24.0 Å². The van der Waals surface area contributed by atoms with Gasteiger partial charge in [-0.25, -0.2) is 0 Å². The lowest BCUT2D eigenvalue weighted by molar-refractivity contribution is -0.121. The molecule has 3 amide bonds. The van der Waals surface area contributed by atoms with E-state index in [1.54, 1.807) is 15.6 Å². The third kappa shape index (κ3) is 6.56. The van der Waals surface area contributed by atoms with Crippen molar-refractivity contribution in [1.29, 1.82) is 0 Å². The number of morpholine rings is 1. The summed E-state index contributed by atoms with van der Waals surface area (Å²) in [6.07, 6.45) is 2.89. The van der Waals surface area contributed by atoms with E-state index in [1.807, 2.05) is 35.2 Å². The van der Waals surface area contributed by atoms with E-state index in [4.69, 9.17) is 4.74 Å². The molecule has 2 fully saturated rings. The quantitative estimate of drug-likeness (QED) is 0.521. The molecule has 0 atom stereocenters. The van der Waals surface area contributed by atoms with Gasteiger partial charge >= 0.3 is 0 Å². The Morgan fingerprint density at radius 3 is 2.62 bits per heavy atom. The van der Waals surface area contributed by atoms with E-state index in [2.05, 4.69) is 15.3 Å². The zero-order valence-electron chi connectivity index (χ0n) is 21.3. The summed E-state index contributed by atoms with van der Waals surface area (Å²) in [6.45, 7) is 6.76. The maximum atomic E-state index is 13.4. The van der Waals surface area contributed by atoms with Crippen LogP contribution < -0.4 is 5.32 Å². The van der Waals surface area contributed by atoms with Gasteiger partial charge in [-0.1, -0.05) is 30.3 Å². The monoisotopic (exact) mass is 508 g/mol. The largest absolute Gasteiger partial charge is 0.379 e. The molecule has 1 saturated carbocycles. The van der Waals surface area contributed by atoms with E-state index in [1.165, 1.54) is 0 Å². The fourth-order valence-corrected chi connectivity index (χ4v) is 4.97.